The Morgan fingerprint density at radius 3 is 1.42 bits per heavy atom. The molecule has 0 spiro atoms. The van der Waals surface area contributed by atoms with Crippen LogP contribution in [0.25, 0.3) is 0 Å². The molecule has 2 unspecified atom stereocenters. The summed E-state index contributed by atoms with van der Waals surface area (Å²) in [5.74, 6) is -12.3. The minimum absolute atomic E-state index is 0.0132. The molecule has 0 aliphatic carbocycles. The van der Waals surface area contributed by atoms with Gasteiger partial charge in [-0.1, -0.05) is 60.7 Å². The van der Waals surface area contributed by atoms with Crippen LogP contribution in [0, 0.1) is 0 Å². The lowest BCUT2D eigenvalue weighted by Crippen LogP contribution is -2.64. The molecule has 0 aromatic heterocycles. The average molecular weight is 1050 g/mol. The van der Waals surface area contributed by atoms with Crippen LogP contribution in [0.1, 0.15) is 64.8 Å². The van der Waals surface area contributed by atoms with Crippen LogP contribution >= 0.6 is 23.5 Å². The van der Waals surface area contributed by atoms with Crippen molar-refractivity contribution in [1.82, 2.24) is 51.1 Å². The number of carbonyl (C=O) groups is 12. The van der Waals surface area contributed by atoms with E-state index < -0.39 is 128 Å². The first-order chi connectivity index (χ1) is 34.3. The van der Waals surface area contributed by atoms with E-state index in [0.29, 0.717) is 9.80 Å². The Labute approximate surface area is 426 Å². The van der Waals surface area contributed by atoms with Crippen LogP contribution in [0.3, 0.4) is 0 Å². The van der Waals surface area contributed by atoms with E-state index in [1.54, 1.807) is 26.0 Å². The predicted octanol–water partition coefficient (Wildman–Crippen LogP) is -0.649. The third-order valence-electron chi connectivity index (χ3n) is 12.7. The molecule has 0 bridgehead atoms. The zero-order valence-corrected chi connectivity index (χ0v) is 42.1. The van der Waals surface area contributed by atoms with Gasteiger partial charge in [-0.15, -0.1) is 23.5 Å². The number of rotatable bonds is 16. The number of carboxylic acid groups (broad SMARTS) is 3. The summed E-state index contributed by atoms with van der Waals surface area (Å²) in [5, 5.41) is 41.5. The van der Waals surface area contributed by atoms with Gasteiger partial charge in [0.2, 0.25) is 17.7 Å². The van der Waals surface area contributed by atoms with E-state index >= 15 is 4.79 Å². The number of likely N-dealkylation sites (N-methyl/N-ethyl adjacent to an activating group) is 2. The van der Waals surface area contributed by atoms with Crippen molar-refractivity contribution < 1.29 is 72.9 Å². The van der Waals surface area contributed by atoms with Crippen LogP contribution in [0.4, 0.5) is 9.59 Å². The Hall–Kier alpha value is -7.26. The number of carbonyl (C=O) groups excluding carboxylic acids is 9. The SMILES string of the molecule is CCN1CCN(C(=O)N[C@@H](C(=O)N[C@H](C(=O)O)[C@@H]2NC(C(=O)N3C(C(=O)O)C(C)(C)S[C@@H]3[C@H](NC(=O)[C@H](NC(=O)N3CCN(CC)C(=O)C3=O)c3ccccc3)C(=O)O)C(C)(C)S2)c2ccccc2)C(=O)C1=O. The molecular formula is C46H56N10O15S2. The number of piperazine rings is 2. The highest BCUT2D eigenvalue weighted by atomic mass is 32.2. The molecule has 4 fully saturated rings. The number of amides is 11. The zero-order valence-electron chi connectivity index (χ0n) is 40.4. The second kappa shape index (κ2) is 22.2. The minimum Gasteiger partial charge on any atom is -0.480 e. The van der Waals surface area contributed by atoms with E-state index in [1.807, 2.05) is 0 Å². The molecule has 4 aliphatic heterocycles. The van der Waals surface area contributed by atoms with E-state index in [1.165, 1.54) is 86.0 Å². The van der Waals surface area contributed by atoms with Gasteiger partial charge in [0.25, 0.3) is 0 Å². The van der Waals surface area contributed by atoms with E-state index in [-0.39, 0.29) is 50.4 Å². The molecule has 2 aromatic carbocycles. The summed E-state index contributed by atoms with van der Waals surface area (Å²) in [7, 11) is 0. The minimum atomic E-state index is -2.09. The summed E-state index contributed by atoms with van der Waals surface area (Å²) >= 11 is 1.62. The van der Waals surface area contributed by atoms with Gasteiger partial charge in [-0.2, -0.15) is 0 Å². The Morgan fingerprint density at radius 2 is 1.03 bits per heavy atom. The van der Waals surface area contributed by atoms with E-state index in [2.05, 4.69) is 26.6 Å². The molecule has 0 saturated carbocycles. The molecule has 8 N–H and O–H groups in total. The lowest BCUT2D eigenvalue weighted by molar-refractivity contribution is -0.155. The van der Waals surface area contributed by atoms with E-state index in [9.17, 15) is 68.1 Å². The predicted molar refractivity (Wildman–Crippen MR) is 259 cm³/mol. The molecule has 4 saturated heterocycles. The number of nitrogens with one attached hydrogen (secondary N) is 5. The normalized spacial score (nSPS) is 23.2. The van der Waals surface area contributed by atoms with Crippen molar-refractivity contribution >= 4 is 94.8 Å². The van der Waals surface area contributed by atoms with Gasteiger partial charge in [0.1, 0.15) is 29.5 Å². The lowest BCUT2D eigenvalue weighted by atomic mass is 9.96. The Kier molecular flexibility index (Phi) is 16.8. The monoisotopic (exact) mass is 1050 g/mol. The fourth-order valence-corrected chi connectivity index (χ4v) is 12.0. The molecule has 73 heavy (non-hydrogen) atoms. The first-order valence-electron chi connectivity index (χ1n) is 23.0. The van der Waals surface area contributed by atoms with Crippen molar-refractivity contribution in [3.63, 3.8) is 0 Å². The van der Waals surface area contributed by atoms with Gasteiger partial charge in [0.05, 0.1) is 5.37 Å². The maximum absolute atomic E-state index is 15.1. The standard InChI is InChI=1S/C46H56N10O15S2/c1-7-52-19-21-54(37(62)35(52)60)43(70)49-25(23-15-11-9-12-16-23)31(57)47-27(40(64)65)33-51-29(45(3,4)72-33)34(59)56-30(42(68)69)46(5,6)73-39(56)28(41(66)67)48-32(58)26(24-17-13-10-14-18-24)50-44(71)55-22-20-53(8-2)36(61)38(55)63/h9-18,25-30,33,39,51H,7-8,19-22H2,1-6H3,(H,47,57)(H,48,58)(H,49,70)(H,50,71)(H,64,65)(H,66,67)(H,68,69)/t25-,26-,27+,28+,29?,30?,33-,39-/m1/s1. The van der Waals surface area contributed by atoms with Crippen molar-refractivity contribution in [1.29, 1.82) is 0 Å². The maximum atomic E-state index is 15.1. The number of hydrogen-bond donors (Lipinski definition) is 8. The third-order valence-corrected chi connectivity index (χ3v) is 15.8. The Bertz CT molecular complexity index is 2570. The van der Waals surface area contributed by atoms with Gasteiger partial charge in [0, 0.05) is 48.8 Å². The number of aliphatic carboxylic acids is 3. The molecule has 2 aromatic rings. The first kappa shape index (κ1) is 55.1. The van der Waals surface area contributed by atoms with Gasteiger partial charge in [0.15, 0.2) is 12.1 Å². The van der Waals surface area contributed by atoms with Crippen LogP contribution in [0.5, 0.6) is 0 Å². The summed E-state index contributed by atoms with van der Waals surface area (Å²) in [5.41, 5.74) is 0.284. The second-order valence-electron chi connectivity index (χ2n) is 18.3. The smallest absolute Gasteiger partial charge is 0.329 e. The molecule has 25 nitrogen and oxygen atoms in total. The highest BCUT2D eigenvalue weighted by Gasteiger charge is 2.61. The molecule has 392 valence electrons. The number of urea groups is 2. The molecule has 6 rings (SSSR count). The van der Waals surface area contributed by atoms with Crippen LogP contribution < -0.4 is 26.6 Å². The summed E-state index contributed by atoms with van der Waals surface area (Å²) in [6.07, 6.45) is 0. The summed E-state index contributed by atoms with van der Waals surface area (Å²) in [4.78, 5) is 166. The average Bonchev–Trinajstić information content (AvgIpc) is 3.82. The summed E-state index contributed by atoms with van der Waals surface area (Å²) in [6, 6.07) is 2.32. The molecule has 27 heteroatoms. The van der Waals surface area contributed by atoms with Crippen molar-refractivity contribution in [2.24, 2.45) is 0 Å². The van der Waals surface area contributed by atoms with Gasteiger partial charge >= 0.3 is 53.6 Å². The van der Waals surface area contributed by atoms with E-state index in [0.717, 1.165) is 28.4 Å². The largest absolute Gasteiger partial charge is 0.480 e. The number of nitrogens with zero attached hydrogens (tertiary/aromatic N) is 5. The van der Waals surface area contributed by atoms with Crippen LogP contribution in [0.15, 0.2) is 60.7 Å². The summed E-state index contributed by atoms with van der Waals surface area (Å²) in [6.45, 7) is 9.31. The van der Waals surface area contributed by atoms with Crippen molar-refractivity contribution in [3.05, 3.63) is 71.8 Å². The summed E-state index contributed by atoms with van der Waals surface area (Å²) < 4.78 is -2.78. The van der Waals surface area contributed by atoms with Crippen LogP contribution in [-0.2, 0) is 47.9 Å². The van der Waals surface area contributed by atoms with Gasteiger partial charge < -0.3 is 51.3 Å². The third kappa shape index (κ3) is 11.5. The quantitative estimate of drug-likeness (QED) is 0.0969. The number of benzene rings is 2. The number of imide groups is 2. The Balaban J connectivity index is 1.26. The van der Waals surface area contributed by atoms with Crippen LogP contribution in [0.2, 0.25) is 0 Å². The highest BCUT2D eigenvalue weighted by Crippen LogP contribution is 2.48. The van der Waals surface area contributed by atoms with Crippen molar-refractivity contribution in [3.8, 4) is 0 Å². The van der Waals surface area contributed by atoms with Crippen LogP contribution in [-0.4, -0.2) is 195 Å². The zero-order chi connectivity index (χ0) is 53.9. The molecular weight excluding hydrogens is 997 g/mol. The maximum Gasteiger partial charge on any atom is 0.329 e. The lowest BCUT2D eigenvalue weighted by Gasteiger charge is -2.37. The number of hydrogen-bond acceptors (Lipinski definition) is 15. The van der Waals surface area contributed by atoms with E-state index in [4.69, 9.17) is 0 Å². The van der Waals surface area contributed by atoms with Gasteiger partial charge in [-0.25, -0.2) is 24.0 Å². The first-order valence-corrected chi connectivity index (χ1v) is 24.8. The molecule has 0 radical (unpaired) electrons. The molecule has 4 heterocycles. The van der Waals surface area contributed by atoms with Gasteiger partial charge in [-0.3, -0.25) is 48.7 Å². The topological polar surface area (TPSA) is 342 Å². The Morgan fingerprint density at radius 1 is 0.603 bits per heavy atom. The highest BCUT2D eigenvalue weighted by molar-refractivity contribution is 8.02. The number of thioether (sulfide) groups is 2. The van der Waals surface area contributed by atoms with Crippen molar-refractivity contribution in [2.45, 2.75) is 98.0 Å². The number of carboxylic acids is 3. The fraction of sp³-hybridized carbons (Fsp3) is 0.478. The molecule has 4 aliphatic rings. The fourth-order valence-electron chi connectivity index (χ4n) is 8.92. The van der Waals surface area contributed by atoms with Crippen molar-refractivity contribution in [2.75, 3.05) is 39.3 Å². The molecule has 8 atom stereocenters. The molecule has 11 amide bonds. The van der Waals surface area contributed by atoms with Gasteiger partial charge in [-0.05, 0) is 52.7 Å². The second-order valence-corrected chi connectivity index (χ2v) is 21.8.